The molecule has 0 aromatic heterocycles. The van der Waals surface area contributed by atoms with Crippen LogP contribution in [-0.4, -0.2) is 32.6 Å². The number of ether oxygens (including phenoxy) is 1. The molecule has 4 heteroatoms. The normalized spacial score (nSPS) is 29.2. The summed E-state index contributed by atoms with van der Waals surface area (Å²) in [5.74, 6) is 0. The fourth-order valence-corrected chi connectivity index (χ4v) is 2.19. The predicted octanol–water partition coefficient (Wildman–Crippen LogP) is 1.97. The molecule has 1 rings (SSSR count). The van der Waals surface area contributed by atoms with Gasteiger partial charge in [-0.05, 0) is 0 Å². The zero-order chi connectivity index (χ0) is 9.41. The fraction of sp³-hybridized carbons (Fsp3) is 1.00. The van der Waals surface area contributed by atoms with Crippen molar-refractivity contribution >= 4 is 7.37 Å². The molecule has 1 fully saturated rings. The van der Waals surface area contributed by atoms with Crippen LogP contribution in [0.5, 0.6) is 0 Å². The van der Waals surface area contributed by atoms with E-state index >= 15 is 0 Å². The minimum Gasteiger partial charge on any atom is -0.378 e. The lowest BCUT2D eigenvalue weighted by Gasteiger charge is -2.26. The van der Waals surface area contributed by atoms with Crippen molar-refractivity contribution in [3.63, 3.8) is 0 Å². The van der Waals surface area contributed by atoms with Crippen molar-refractivity contribution in [3.05, 3.63) is 0 Å². The van der Waals surface area contributed by atoms with E-state index in [1.807, 2.05) is 0 Å². The first-order valence-electron chi connectivity index (χ1n) is 4.12. The molecule has 0 saturated carbocycles. The second kappa shape index (κ2) is 3.13. The molecule has 0 aromatic carbocycles. The number of hydrogen-bond acceptors (Lipinski definition) is 3. The maximum absolute atomic E-state index is 11.4. The molecule has 0 bridgehead atoms. The highest BCUT2D eigenvalue weighted by atomic mass is 31.2. The summed E-state index contributed by atoms with van der Waals surface area (Å²) in [6, 6.07) is 0. The van der Waals surface area contributed by atoms with Gasteiger partial charge in [-0.25, -0.2) is 0 Å². The predicted molar refractivity (Wildman–Crippen MR) is 48.9 cm³/mol. The highest BCUT2D eigenvalue weighted by Crippen LogP contribution is 2.44. The van der Waals surface area contributed by atoms with Gasteiger partial charge in [0.1, 0.15) is 0 Å². The Morgan fingerprint density at radius 2 is 2.08 bits per heavy atom. The van der Waals surface area contributed by atoms with E-state index < -0.39 is 7.37 Å². The van der Waals surface area contributed by atoms with Crippen LogP contribution in [0.1, 0.15) is 13.8 Å². The first-order valence-corrected chi connectivity index (χ1v) is 6.64. The summed E-state index contributed by atoms with van der Waals surface area (Å²) < 4.78 is 22.1. The van der Waals surface area contributed by atoms with Gasteiger partial charge in [0, 0.05) is 18.7 Å². The molecule has 72 valence electrons. The van der Waals surface area contributed by atoms with Crippen LogP contribution >= 0.6 is 7.37 Å². The van der Waals surface area contributed by atoms with Gasteiger partial charge in [-0.3, -0.25) is 4.57 Å². The molecular formula is C8H17O3P. The molecule has 0 aliphatic carbocycles. The Balaban J connectivity index is 2.59. The third-order valence-electron chi connectivity index (χ3n) is 2.00. The molecule has 0 radical (unpaired) electrons. The maximum atomic E-state index is 11.4. The molecule has 1 atom stereocenters. The highest BCUT2D eigenvalue weighted by Gasteiger charge is 2.38. The van der Waals surface area contributed by atoms with Gasteiger partial charge >= 0.3 is 0 Å². The Hall–Kier alpha value is 0.150. The Morgan fingerprint density at radius 3 is 2.42 bits per heavy atom. The first-order chi connectivity index (χ1) is 5.31. The molecule has 12 heavy (non-hydrogen) atoms. The molecule has 3 nitrogen and oxygen atoms in total. The minimum atomic E-state index is -2.37. The molecular weight excluding hydrogens is 175 g/mol. The average Bonchev–Trinajstić information content (AvgIpc) is 2.07. The van der Waals surface area contributed by atoms with E-state index in [0.717, 1.165) is 0 Å². The van der Waals surface area contributed by atoms with Crippen molar-refractivity contribution in [1.82, 2.24) is 0 Å². The van der Waals surface area contributed by atoms with E-state index in [4.69, 9.17) is 9.26 Å². The topological polar surface area (TPSA) is 35.5 Å². The average molecular weight is 192 g/mol. The van der Waals surface area contributed by atoms with Crippen molar-refractivity contribution in [2.75, 3.05) is 26.5 Å². The third kappa shape index (κ3) is 2.58. The first kappa shape index (κ1) is 10.2. The number of rotatable bonds is 2. The summed E-state index contributed by atoms with van der Waals surface area (Å²) >= 11 is 0. The standard InChI is InChI=1S/C8H17O3P/c1-8(2)6-10-5-7(8)11-12(3,4)9/h7H,5-6H2,1-4H3. The second-order valence-electron chi connectivity index (χ2n) is 4.35. The van der Waals surface area contributed by atoms with Crippen LogP contribution in [0.25, 0.3) is 0 Å². The molecule has 1 heterocycles. The second-order valence-corrected chi connectivity index (χ2v) is 7.06. The quantitative estimate of drug-likeness (QED) is 0.627. The summed E-state index contributed by atoms with van der Waals surface area (Å²) in [6.07, 6.45) is -0.0154. The van der Waals surface area contributed by atoms with E-state index in [0.29, 0.717) is 13.2 Å². The van der Waals surface area contributed by atoms with E-state index in [-0.39, 0.29) is 11.5 Å². The van der Waals surface area contributed by atoms with Crippen molar-refractivity contribution < 1.29 is 13.8 Å². The van der Waals surface area contributed by atoms with Crippen LogP contribution in [0.15, 0.2) is 0 Å². The third-order valence-corrected chi connectivity index (χ3v) is 2.76. The lowest BCUT2D eigenvalue weighted by molar-refractivity contribution is 0.122. The zero-order valence-electron chi connectivity index (χ0n) is 8.16. The van der Waals surface area contributed by atoms with Gasteiger partial charge < -0.3 is 9.26 Å². The Bertz CT molecular complexity index is 206. The van der Waals surface area contributed by atoms with E-state index in [1.54, 1.807) is 13.3 Å². The summed E-state index contributed by atoms with van der Waals surface area (Å²) in [7, 11) is -2.37. The van der Waals surface area contributed by atoms with Crippen LogP contribution in [0.4, 0.5) is 0 Å². The van der Waals surface area contributed by atoms with Gasteiger partial charge in [0.15, 0.2) is 7.37 Å². The summed E-state index contributed by atoms with van der Waals surface area (Å²) in [6.45, 7) is 8.68. The minimum absolute atomic E-state index is 0.00167. The van der Waals surface area contributed by atoms with E-state index in [2.05, 4.69) is 13.8 Å². The van der Waals surface area contributed by atoms with Crippen LogP contribution in [0.3, 0.4) is 0 Å². The summed E-state index contributed by atoms with van der Waals surface area (Å²) in [4.78, 5) is 0. The maximum Gasteiger partial charge on any atom is 0.197 e. The van der Waals surface area contributed by atoms with E-state index in [9.17, 15) is 4.57 Å². The molecule has 1 saturated heterocycles. The van der Waals surface area contributed by atoms with E-state index in [1.165, 1.54) is 0 Å². The van der Waals surface area contributed by atoms with Crippen LogP contribution in [0.2, 0.25) is 0 Å². The molecule has 0 spiro atoms. The van der Waals surface area contributed by atoms with Gasteiger partial charge in [0.25, 0.3) is 0 Å². The lowest BCUT2D eigenvalue weighted by atomic mass is 9.90. The largest absolute Gasteiger partial charge is 0.378 e. The monoisotopic (exact) mass is 192 g/mol. The zero-order valence-corrected chi connectivity index (χ0v) is 9.06. The Morgan fingerprint density at radius 1 is 1.50 bits per heavy atom. The van der Waals surface area contributed by atoms with Crippen LogP contribution < -0.4 is 0 Å². The summed E-state index contributed by atoms with van der Waals surface area (Å²) in [5, 5.41) is 0. The molecule has 1 aliphatic heterocycles. The Labute approximate surface area is 73.9 Å². The van der Waals surface area contributed by atoms with Gasteiger partial charge in [-0.1, -0.05) is 13.8 Å². The fourth-order valence-electron chi connectivity index (χ4n) is 1.23. The Kier molecular flexibility index (Phi) is 2.67. The van der Waals surface area contributed by atoms with Gasteiger partial charge in [-0.2, -0.15) is 0 Å². The highest BCUT2D eigenvalue weighted by molar-refractivity contribution is 7.57. The van der Waals surface area contributed by atoms with Gasteiger partial charge in [0.05, 0.1) is 19.3 Å². The SMILES string of the molecule is CC1(C)COCC1OP(C)(C)=O. The molecule has 0 aromatic rings. The van der Waals surface area contributed by atoms with Crippen molar-refractivity contribution in [3.8, 4) is 0 Å². The van der Waals surface area contributed by atoms with Crippen LogP contribution in [0, 0.1) is 5.41 Å². The van der Waals surface area contributed by atoms with Crippen molar-refractivity contribution in [2.45, 2.75) is 20.0 Å². The molecule has 1 aliphatic rings. The van der Waals surface area contributed by atoms with Crippen molar-refractivity contribution in [2.24, 2.45) is 5.41 Å². The molecule has 1 unspecified atom stereocenters. The molecule has 0 N–H and O–H groups in total. The van der Waals surface area contributed by atoms with Crippen LogP contribution in [-0.2, 0) is 13.8 Å². The van der Waals surface area contributed by atoms with Gasteiger partial charge in [-0.15, -0.1) is 0 Å². The van der Waals surface area contributed by atoms with Crippen molar-refractivity contribution in [1.29, 1.82) is 0 Å². The summed E-state index contributed by atoms with van der Waals surface area (Å²) in [5.41, 5.74) is 0.00167. The lowest BCUT2D eigenvalue weighted by Crippen LogP contribution is -2.29. The van der Waals surface area contributed by atoms with Gasteiger partial charge in [0.2, 0.25) is 0 Å². The smallest absolute Gasteiger partial charge is 0.197 e. The number of hydrogen-bond donors (Lipinski definition) is 0. The molecule has 0 amide bonds.